The van der Waals surface area contributed by atoms with E-state index in [1.807, 2.05) is 0 Å². The van der Waals surface area contributed by atoms with Gasteiger partial charge in [0.2, 0.25) is 10.0 Å². The van der Waals surface area contributed by atoms with Crippen LogP contribution in [0.15, 0.2) is 11.6 Å². The zero-order valence-corrected chi connectivity index (χ0v) is 16.1. The molecular formula is C18H35NO3S. The van der Waals surface area contributed by atoms with Gasteiger partial charge in [-0.25, -0.2) is 13.1 Å². The Labute approximate surface area is 142 Å². The number of aliphatic hydroxyl groups excluding tert-OH is 1. The Morgan fingerprint density at radius 2 is 1.96 bits per heavy atom. The van der Waals surface area contributed by atoms with Gasteiger partial charge in [0.15, 0.2) is 0 Å². The van der Waals surface area contributed by atoms with Crippen molar-refractivity contribution in [3.63, 3.8) is 0 Å². The van der Waals surface area contributed by atoms with Crippen LogP contribution in [0.5, 0.6) is 0 Å². The summed E-state index contributed by atoms with van der Waals surface area (Å²) in [5.41, 5.74) is 0.811. The van der Waals surface area contributed by atoms with Gasteiger partial charge in [0.25, 0.3) is 0 Å². The van der Waals surface area contributed by atoms with E-state index in [4.69, 9.17) is 5.11 Å². The van der Waals surface area contributed by atoms with Gasteiger partial charge in [-0.05, 0) is 72.1 Å². The molecule has 1 atom stereocenters. The van der Waals surface area contributed by atoms with Crippen LogP contribution >= 0.6 is 0 Å². The van der Waals surface area contributed by atoms with Crippen molar-refractivity contribution < 1.29 is 13.5 Å². The minimum absolute atomic E-state index is 0.163. The number of hydrogen-bond donors (Lipinski definition) is 2. The summed E-state index contributed by atoms with van der Waals surface area (Å²) in [5.74, 6) is 0. The predicted octanol–water partition coefficient (Wildman–Crippen LogP) is 3.91. The van der Waals surface area contributed by atoms with Crippen LogP contribution in [0.3, 0.4) is 0 Å². The van der Waals surface area contributed by atoms with Crippen molar-refractivity contribution in [1.82, 2.24) is 4.72 Å². The summed E-state index contributed by atoms with van der Waals surface area (Å²) in [4.78, 5) is 0. The number of sulfonamides is 1. The second-order valence-corrected chi connectivity index (χ2v) is 10.1. The molecule has 0 aromatic heterocycles. The van der Waals surface area contributed by atoms with E-state index in [1.54, 1.807) is 20.8 Å². The second-order valence-electron chi connectivity index (χ2n) is 7.71. The van der Waals surface area contributed by atoms with Crippen LogP contribution in [0.1, 0.15) is 85.5 Å². The van der Waals surface area contributed by atoms with Gasteiger partial charge in [-0.15, -0.1) is 0 Å². The Balaban J connectivity index is 3.10. The molecule has 0 amide bonds. The lowest BCUT2D eigenvalue weighted by Gasteiger charge is -2.41. The molecule has 0 aromatic rings. The third-order valence-electron chi connectivity index (χ3n) is 4.76. The molecule has 1 unspecified atom stereocenters. The molecule has 4 nitrogen and oxygen atoms in total. The Morgan fingerprint density at radius 3 is 2.52 bits per heavy atom. The molecule has 1 aliphatic carbocycles. The van der Waals surface area contributed by atoms with Crippen molar-refractivity contribution in [3.05, 3.63) is 11.6 Å². The molecule has 1 aliphatic rings. The largest absolute Gasteiger partial charge is 0.396 e. The van der Waals surface area contributed by atoms with Gasteiger partial charge in [-0.1, -0.05) is 25.0 Å². The van der Waals surface area contributed by atoms with Crippen LogP contribution in [-0.2, 0) is 10.0 Å². The molecule has 1 rings (SSSR count). The van der Waals surface area contributed by atoms with E-state index >= 15 is 0 Å². The van der Waals surface area contributed by atoms with E-state index < -0.39 is 20.3 Å². The van der Waals surface area contributed by atoms with Crippen molar-refractivity contribution in [1.29, 1.82) is 0 Å². The van der Waals surface area contributed by atoms with Crippen LogP contribution in [-0.4, -0.2) is 30.4 Å². The SMILES string of the molecule is CCCCC1=CCCCC1(CCCCO)NS(=O)(=O)C(C)(C)C. The standard InChI is InChI=1S/C18H35NO3S/c1-5-6-11-16-12-7-8-13-18(16,14-9-10-15-20)19-23(21,22)17(2,3)4/h12,19-20H,5-11,13-15H2,1-4H3. The Bertz CT molecular complexity index is 491. The molecule has 0 saturated heterocycles. The lowest BCUT2D eigenvalue weighted by atomic mass is 9.75. The van der Waals surface area contributed by atoms with Crippen molar-refractivity contribution in [2.45, 2.75) is 95.8 Å². The minimum Gasteiger partial charge on any atom is -0.396 e. The maximum Gasteiger partial charge on any atom is 0.217 e. The van der Waals surface area contributed by atoms with E-state index in [2.05, 4.69) is 17.7 Å². The molecule has 0 fully saturated rings. The number of aliphatic hydroxyl groups is 1. The first kappa shape index (κ1) is 20.7. The number of hydrogen-bond acceptors (Lipinski definition) is 3. The van der Waals surface area contributed by atoms with Crippen LogP contribution in [0.25, 0.3) is 0 Å². The first-order valence-electron chi connectivity index (χ1n) is 9.02. The lowest BCUT2D eigenvalue weighted by molar-refractivity contribution is 0.267. The quantitative estimate of drug-likeness (QED) is 0.492. The molecule has 0 heterocycles. The van der Waals surface area contributed by atoms with Crippen LogP contribution in [0, 0.1) is 0 Å². The first-order chi connectivity index (χ1) is 10.7. The average Bonchev–Trinajstić information content (AvgIpc) is 2.45. The minimum atomic E-state index is -3.40. The molecule has 2 N–H and O–H groups in total. The topological polar surface area (TPSA) is 66.4 Å². The highest BCUT2D eigenvalue weighted by molar-refractivity contribution is 7.90. The van der Waals surface area contributed by atoms with Crippen molar-refractivity contribution in [2.24, 2.45) is 0 Å². The average molecular weight is 346 g/mol. The van der Waals surface area contributed by atoms with E-state index in [-0.39, 0.29) is 6.61 Å². The van der Waals surface area contributed by atoms with Crippen LogP contribution in [0.2, 0.25) is 0 Å². The van der Waals surface area contributed by atoms with Gasteiger partial charge in [-0.3, -0.25) is 0 Å². The van der Waals surface area contributed by atoms with Crippen LogP contribution < -0.4 is 4.72 Å². The fraction of sp³-hybridized carbons (Fsp3) is 0.889. The van der Waals surface area contributed by atoms with Gasteiger partial charge in [-0.2, -0.15) is 0 Å². The number of allylic oxidation sites excluding steroid dienone is 1. The van der Waals surface area contributed by atoms with E-state index in [0.29, 0.717) is 0 Å². The monoisotopic (exact) mass is 345 g/mol. The molecule has 0 spiro atoms. The van der Waals surface area contributed by atoms with Gasteiger partial charge in [0.1, 0.15) is 0 Å². The number of nitrogens with one attached hydrogen (secondary N) is 1. The summed E-state index contributed by atoms with van der Waals surface area (Å²) in [6, 6.07) is 0. The van der Waals surface area contributed by atoms with Gasteiger partial charge < -0.3 is 5.11 Å². The summed E-state index contributed by atoms with van der Waals surface area (Å²) in [6.07, 6.45) is 10.7. The fourth-order valence-electron chi connectivity index (χ4n) is 3.15. The van der Waals surface area contributed by atoms with Gasteiger partial charge in [0, 0.05) is 6.61 Å². The van der Waals surface area contributed by atoms with E-state index in [9.17, 15) is 8.42 Å². The van der Waals surface area contributed by atoms with Gasteiger partial charge in [0.05, 0.1) is 10.3 Å². The highest BCUT2D eigenvalue weighted by atomic mass is 32.2. The molecule has 0 bridgehead atoms. The molecule has 0 radical (unpaired) electrons. The Hall–Kier alpha value is -0.390. The lowest BCUT2D eigenvalue weighted by Crippen LogP contribution is -2.55. The zero-order chi connectivity index (χ0) is 17.6. The third-order valence-corrected chi connectivity index (χ3v) is 7.03. The first-order valence-corrected chi connectivity index (χ1v) is 10.5. The highest BCUT2D eigenvalue weighted by Crippen LogP contribution is 2.38. The summed E-state index contributed by atoms with van der Waals surface area (Å²) in [7, 11) is -3.40. The Kier molecular flexibility index (Phi) is 7.75. The maximum absolute atomic E-state index is 12.8. The fourth-order valence-corrected chi connectivity index (χ4v) is 4.30. The summed E-state index contributed by atoms with van der Waals surface area (Å²) in [5, 5.41) is 9.10. The molecule has 0 saturated carbocycles. The highest BCUT2D eigenvalue weighted by Gasteiger charge is 2.42. The number of rotatable bonds is 9. The predicted molar refractivity (Wildman–Crippen MR) is 96.9 cm³/mol. The van der Waals surface area contributed by atoms with Crippen molar-refractivity contribution >= 4 is 10.0 Å². The zero-order valence-electron chi connectivity index (χ0n) is 15.3. The molecule has 136 valence electrons. The molecule has 0 aliphatic heterocycles. The Morgan fingerprint density at radius 1 is 1.26 bits per heavy atom. The normalized spacial score (nSPS) is 22.9. The number of unbranched alkanes of at least 4 members (excludes halogenated alkanes) is 2. The molecular weight excluding hydrogens is 310 g/mol. The maximum atomic E-state index is 12.8. The van der Waals surface area contributed by atoms with Crippen molar-refractivity contribution in [3.8, 4) is 0 Å². The molecule has 0 aromatic carbocycles. The van der Waals surface area contributed by atoms with Crippen molar-refractivity contribution in [2.75, 3.05) is 6.61 Å². The summed E-state index contributed by atoms with van der Waals surface area (Å²) < 4.78 is 27.9. The van der Waals surface area contributed by atoms with Crippen LogP contribution in [0.4, 0.5) is 0 Å². The summed E-state index contributed by atoms with van der Waals surface area (Å²) >= 11 is 0. The summed E-state index contributed by atoms with van der Waals surface area (Å²) in [6.45, 7) is 7.56. The van der Waals surface area contributed by atoms with E-state index in [0.717, 1.165) is 57.8 Å². The third kappa shape index (κ3) is 5.57. The van der Waals surface area contributed by atoms with Gasteiger partial charge >= 0.3 is 0 Å². The molecule has 23 heavy (non-hydrogen) atoms. The van der Waals surface area contributed by atoms with E-state index in [1.165, 1.54) is 5.57 Å². The second kappa shape index (κ2) is 8.63. The smallest absolute Gasteiger partial charge is 0.217 e. The molecule has 5 heteroatoms.